The highest BCUT2D eigenvalue weighted by molar-refractivity contribution is 5.69. The van der Waals surface area contributed by atoms with Crippen molar-refractivity contribution in [3.63, 3.8) is 0 Å². The van der Waals surface area contributed by atoms with E-state index in [4.69, 9.17) is 10.6 Å². The first-order valence-electron chi connectivity index (χ1n) is 5.56. The van der Waals surface area contributed by atoms with E-state index in [9.17, 15) is 9.18 Å². The fourth-order valence-electron chi connectivity index (χ4n) is 1.23. The quantitative estimate of drug-likeness (QED) is 0.285. The Kier molecular flexibility index (Phi) is 5.78. The molecular weight excluding hydrogens is 241 g/mol. The molecule has 0 amide bonds. The van der Waals surface area contributed by atoms with Crippen LogP contribution in [0.5, 0.6) is 0 Å². The summed E-state index contributed by atoms with van der Waals surface area (Å²) >= 11 is 0. The van der Waals surface area contributed by atoms with E-state index < -0.39 is 5.82 Å². The van der Waals surface area contributed by atoms with Gasteiger partial charge in [-0.05, 0) is 13.3 Å². The van der Waals surface area contributed by atoms with E-state index in [0.717, 1.165) is 6.20 Å². The fraction of sp³-hybridized carbons (Fsp3) is 0.500. The Labute approximate surface area is 104 Å². The summed E-state index contributed by atoms with van der Waals surface area (Å²) in [5, 5.41) is 2.76. The zero-order chi connectivity index (χ0) is 13.4. The van der Waals surface area contributed by atoms with Crippen molar-refractivity contribution in [1.82, 2.24) is 9.97 Å². The van der Waals surface area contributed by atoms with Crippen molar-refractivity contribution in [2.45, 2.75) is 19.8 Å². The van der Waals surface area contributed by atoms with Crippen LogP contribution in [0, 0.1) is 5.82 Å². The van der Waals surface area contributed by atoms with Crippen LogP contribution in [0.3, 0.4) is 0 Å². The molecule has 100 valence electrons. The molecule has 8 heteroatoms. The summed E-state index contributed by atoms with van der Waals surface area (Å²) in [6.45, 7) is 2.50. The zero-order valence-corrected chi connectivity index (χ0v) is 10.1. The van der Waals surface area contributed by atoms with Crippen molar-refractivity contribution in [3.05, 3.63) is 12.0 Å². The Morgan fingerprint density at radius 2 is 2.39 bits per heavy atom. The van der Waals surface area contributed by atoms with Gasteiger partial charge in [-0.25, -0.2) is 15.2 Å². The smallest absolute Gasteiger partial charge is 0.305 e. The third-order valence-electron chi connectivity index (χ3n) is 2.03. The van der Waals surface area contributed by atoms with E-state index in [1.807, 2.05) is 0 Å². The maximum absolute atomic E-state index is 13.3. The van der Waals surface area contributed by atoms with Gasteiger partial charge in [0.1, 0.15) is 0 Å². The predicted molar refractivity (Wildman–Crippen MR) is 64.2 cm³/mol. The highest BCUT2D eigenvalue weighted by Gasteiger charge is 2.06. The molecule has 0 aliphatic rings. The van der Waals surface area contributed by atoms with Gasteiger partial charge in [-0.2, -0.15) is 4.98 Å². The van der Waals surface area contributed by atoms with Gasteiger partial charge in [0.25, 0.3) is 0 Å². The number of nitrogens with two attached hydrogens (primary N) is 1. The summed E-state index contributed by atoms with van der Waals surface area (Å²) in [5.41, 5.74) is 2.22. The monoisotopic (exact) mass is 257 g/mol. The second-order valence-electron chi connectivity index (χ2n) is 3.37. The summed E-state index contributed by atoms with van der Waals surface area (Å²) in [4.78, 5) is 18.4. The molecule has 18 heavy (non-hydrogen) atoms. The standard InChI is InChI=1S/C10H16FN5O2/c1-2-18-8(17)4-3-5-13-9-7(11)6-14-10(15-9)16-12/h6H,2-5,12H2,1H3,(H2,13,14,15,16). The average molecular weight is 257 g/mol. The summed E-state index contributed by atoms with van der Waals surface area (Å²) in [5.74, 6) is 4.42. The molecular formula is C10H16FN5O2. The van der Waals surface area contributed by atoms with Crippen molar-refractivity contribution in [1.29, 1.82) is 0 Å². The van der Waals surface area contributed by atoms with E-state index in [1.54, 1.807) is 6.92 Å². The van der Waals surface area contributed by atoms with Crippen molar-refractivity contribution in [2.75, 3.05) is 23.9 Å². The van der Waals surface area contributed by atoms with E-state index in [-0.39, 0.29) is 24.2 Å². The van der Waals surface area contributed by atoms with E-state index in [1.165, 1.54) is 0 Å². The van der Waals surface area contributed by atoms with Gasteiger partial charge in [0.2, 0.25) is 5.95 Å². The van der Waals surface area contributed by atoms with Gasteiger partial charge in [0, 0.05) is 13.0 Å². The van der Waals surface area contributed by atoms with Crippen LogP contribution in [-0.2, 0) is 9.53 Å². The van der Waals surface area contributed by atoms with Gasteiger partial charge in [0.05, 0.1) is 12.8 Å². The minimum Gasteiger partial charge on any atom is -0.466 e. The molecule has 7 nitrogen and oxygen atoms in total. The fourth-order valence-corrected chi connectivity index (χ4v) is 1.23. The molecule has 0 spiro atoms. The molecule has 0 aliphatic carbocycles. The minimum atomic E-state index is -0.579. The average Bonchev–Trinajstić information content (AvgIpc) is 2.37. The van der Waals surface area contributed by atoms with Crippen LogP contribution in [0.15, 0.2) is 6.20 Å². The number of nitrogens with one attached hydrogen (secondary N) is 2. The van der Waals surface area contributed by atoms with Crippen molar-refractivity contribution >= 4 is 17.7 Å². The van der Waals surface area contributed by atoms with Crippen LogP contribution >= 0.6 is 0 Å². The van der Waals surface area contributed by atoms with Gasteiger partial charge in [-0.3, -0.25) is 10.2 Å². The number of halogens is 1. The topological polar surface area (TPSA) is 102 Å². The SMILES string of the molecule is CCOC(=O)CCCNc1nc(NN)ncc1F. The molecule has 0 unspecified atom stereocenters. The van der Waals surface area contributed by atoms with Crippen LogP contribution in [0.4, 0.5) is 16.2 Å². The number of aromatic nitrogens is 2. The number of carbonyl (C=O) groups is 1. The Morgan fingerprint density at radius 1 is 1.61 bits per heavy atom. The summed E-state index contributed by atoms with van der Waals surface area (Å²) in [6, 6.07) is 0. The van der Waals surface area contributed by atoms with Crippen LogP contribution in [0.2, 0.25) is 0 Å². The number of esters is 1. The van der Waals surface area contributed by atoms with E-state index in [2.05, 4.69) is 20.7 Å². The Balaban J connectivity index is 2.37. The van der Waals surface area contributed by atoms with Crippen LogP contribution in [-0.4, -0.2) is 29.1 Å². The minimum absolute atomic E-state index is 0.0433. The molecule has 0 aliphatic heterocycles. The van der Waals surface area contributed by atoms with Gasteiger partial charge in [0.15, 0.2) is 11.6 Å². The third kappa shape index (κ3) is 4.50. The van der Waals surface area contributed by atoms with Crippen molar-refractivity contribution in [3.8, 4) is 0 Å². The first kappa shape index (κ1) is 14.1. The predicted octanol–water partition coefficient (Wildman–Crippen LogP) is 0.657. The lowest BCUT2D eigenvalue weighted by Gasteiger charge is -2.07. The van der Waals surface area contributed by atoms with Crippen LogP contribution < -0.4 is 16.6 Å². The van der Waals surface area contributed by atoms with Gasteiger partial charge < -0.3 is 10.1 Å². The van der Waals surface area contributed by atoms with E-state index >= 15 is 0 Å². The molecule has 1 heterocycles. The number of hydrogen-bond donors (Lipinski definition) is 3. The number of ether oxygens (including phenoxy) is 1. The molecule has 1 aromatic heterocycles. The summed E-state index contributed by atoms with van der Waals surface area (Å²) in [7, 11) is 0. The number of rotatable bonds is 7. The van der Waals surface area contributed by atoms with Crippen molar-refractivity contribution < 1.29 is 13.9 Å². The van der Waals surface area contributed by atoms with Gasteiger partial charge in [-0.15, -0.1) is 0 Å². The number of anilines is 2. The summed E-state index contributed by atoms with van der Waals surface area (Å²) < 4.78 is 18.0. The molecule has 0 saturated heterocycles. The molecule has 0 radical (unpaired) electrons. The zero-order valence-electron chi connectivity index (χ0n) is 10.1. The maximum atomic E-state index is 13.3. The second-order valence-corrected chi connectivity index (χ2v) is 3.37. The number of carbonyl (C=O) groups excluding carboxylic acids is 1. The summed E-state index contributed by atoms with van der Waals surface area (Å²) in [6.07, 6.45) is 1.80. The first-order valence-corrected chi connectivity index (χ1v) is 5.56. The highest BCUT2D eigenvalue weighted by atomic mass is 19.1. The number of nitrogen functional groups attached to an aromatic ring is 1. The highest BCUT2D eigenvalue weighted by Crippen LogP contribution is 2.11. The normalized spacial score (nSPS) is 9.94. The first-order chi connectivity index (χ1) is 8.67. The maximum Gasteiger partial charge on any atom is 0.305 e. The molecule has 1 aromatic rings. The molecule has 0 fully saturated rings. The van der Waals surface area contributed by atoms with Crippen molar-refractivity contribution in [2.24, 2.45) is 5.84 Å². The van der Waals surface area contributed by atoms with Gasteiger partial charge >= 0.3 is 5.97 Å². The molecule has 0 saturated carbocycles. The third-order valence-corrected chi connectivity index (χ3v) is 2.03. The second kappa shape index (κ2) is 7.38. The Bertz CT molecular complexity index is 402. The lowest BCUT2D eigenvalue weighted by molar-refractivity contribution is -0.143. The molecule has 0 atom stereocenters. The number of nitrogens with zero attached hydrogens (tertiary/aromatic N) is 2. The Hall–Kier alpha value is -1.96. The van der Waals surface area contributed by atoms with E-state index in [0.29, 0.717) is 19.6 Å². The Morgan fingerprint density at radius 3 is 3.06 bits per heavy atom. The molecule has 0 bridgehead atoms. The lowest BCUT2D eigenvalue weighted by Crippen LogP contribution is -2.14. The molecule has 0 aromatic carbocycles. The molecule has 1 rings (SSSR count). The largest absolute Gasteiger partial charge is 0.466 e. The van der Waals surface area contributed by atoms with Gasteiger partial charge in [-0.1, -0.05) is 0 Å². The van der Waals surface area contributed by atoms with Crippen LogP contribution in [0.25, 0.3) is 0 Å². The van der Waals surface area contributed by atoms with Crippen LogP contribution in [0.1, 0.15) is 19.8 Å². The number of hydrogen-bond acceptors (Lipinski definition) is 7. The molecule has 4 N–H and O–H groups in total. The number of hydrazine groups is 1. The lowest BCUT2D eigenvalue weighted by atomic mass is 10.3.